The predicted octanol–water partition coefficient (Wildman–Crippen LogP) is 3.02. The molecule has 2 aromatic carbocycles. The molecule has 0 radical (unpaired) electrons. The van der Waals surface area contributed by atoms with E-state index >= 15 is 0 Å². The third kappa shape index (κ3) is 5.24. The van der Waals surface area contributed by atoms with Crippen LogP contribution in [0.15, 0.2) is 53.9 Å². The summed E-state index contributed by atoms with van der Waals surface area (Å²) in [6, 6.07) is 13.8. The summed E-state index contributed by atoms with van der Waals surface area (Å²) in [5.74, 6) is 1.04. The van der Waals surface area contributed by atoms with Crippen LogP contribution in [0.2, 0.25) is 0 Å². The number of anilines is 1. The highest BCUT2D eigenvalue weighted by molar-refractivity contribution is 7.99. The van der Waals surface area contributed by atoms with Crippen LogP contribution >= 0.6 is 11.8 Å². The molecule has 3 heterocycles. The summed E-state index contributed by atoms with van der Waals surface area (Å²) in [5, 5.41) is 11.8. The molecule has 0 bridgehead atoms. The van der Waals surface area contributed by atoms with E-state index < -0.39 is 0 Å². The van der Waals surface area contributed by atoms with E-state index in [1.807, 2.05) is 54.0 Å². The van der Waals surface area contributed by atoms with Crippen molar-refractivity contribution in [3.05, 3.63) is 60.2 Å². The molecule has 2 N–H and O–H groups in total. The van der Waals surface area contributed by atoms with Crippen LogP contribution < -0.4 is 5.32 Å². The van der Waals surface area contributed by atoms with Crippen LogP contribution in [0.1, 0.15) is 11.4 Å². The Morgan fingerprint density at radius 1 is 1.18 bits per heavy atom. The maximum atomic E-state index is 12.6. The van der Waals surface area contributed by atoms with Crippen LogP contribution in [0, 0.1) is 6.92 Å². The normalized spacial score (nSPS) is 14.6. The molecule has 0 saturated carbocycles. The molecular formula is C23H25N7O2S. The average Bonchev–Trinajstić information content (AvgIpc) is 3.45. The minimum atomic E-state index is -0.106. The fraction of sp³-hybridized carbons (Fsp3) is 0.304. The fourth-order valence-electron chi connectivity index (χ4n) is 3.72. The number of aromatic amines is 1. The van der Waals surface area contributed by atoms with Crippen molar-refractivity contribution < 1.29 is 9.53 Å². The van der Waals surface area contributed by atoms with E-state index in [-0.39, 0.29) is 11.7 Å². The number of nitrogens with zero attached hydrogens (tertiary/aromatic N) is 5. The van der Waals surface area contributed by atoms with Gasteiger partial charge in [-0.25, -0.2) is 4.98 Å². The number of H-pyrrole nitrogens is 1. The number of fused-ring (bicyclic) bond motifs is 1. The first-order valence-corrected chi connectivity index (χ1v) is 11.8. The number of thioether (sulfide) groups is 1. The van der Waals surface area contributed by atoms with Crippen molar-refractivity contribution in [2.24, 2.45) is 0 Å². The van der Waals surface area contributed by atoms with Gasteiger partial charge in [-0.3, -0.25) is 14.3 Å². The maximum Gasteiger partial charge on any atom is 0.234 e. The van der Waals surface area contributed by atoms with E-state index in [1.54, 1.807) is 6.33 Å². The lowest BCUT2D eigenvalue weighted by Crippen LogP contribution is -2.35. The zero-order chi connectivity index (χ0) is 22.6. The van der Waals surface area contributed by atoms with Gasteiger partial charge >= 0.3 is 0 Å². The topological polar surface area (TPSA) is 101 Å². The van der Waals surface area contributed by atoms with Gasteiger partial charge in [0.05, 0.1) is 36.5 Å². The number of benzene rings is 2. The number of carbonyl (C=O) groups excluding carboxylic acids is 1. The first kappa shape index (κ1) is 21.6. The third-order valence-corrected chi connectivity index (χ3v) is 6.40. The Hall–Kier alpha value is -3.21. The highest BCUT2D eigenvalue weighted by atomic mass is 32.2. The van der Waals surface area contributed by atoms with Gasteiger partial charge in [0.25, 0.3) is 0 Å². The molecule has 1 fully saturated rings. The number of ether oxygens (including phenoxy) is 1. The number of aryl methyl sites for hydroxylation is 1. The monoisotopic (exact) mass is 463 g/mol. The molecule has 170 valence electrons. The van der Waals surface area contributed by atoms with Crippen molar-refractivity contribution in [3.8, 4) is 5.69 Å². The van der Waals surface area contributed by atoms with Crippen LogP contribution in [-0.4, -0.2) is 67.6 Å². The molecular weight excluding hydrogens is 438 g/mol. The summed E-state index contributed by atoms with van der Waals surface area (Å²) in [7, 11) is 0. The molecule has 1 saturated heterocycles. The summed E-state index contributed by atoms with van der Waals surface area (Å²) in [4.78, 5) is 22.9. The molecule has 10 heteroatoms. The van der Waals surface area contributed by atoms with Gasteiger partial charge in [-0.2, -0.15) is 0 Å². The molecule has 1 aliphatic rings. The van der Waals surface area contributed by atoms with E-state index in [0.717, 1.165) is 61.1 Å². The van der Waals surface area contributed by atoms with Gasteiger partial charge < -0.3 is 15.0 Å². The second-order valence-corrected chi connectivity index (χ2v) is 8.90. The van der Waals surface area contributed by atoms with Crippen LogP contribution in [0.5, 0.6) is 0 Å². The quantitative estimate of drug-likeness (QED) is 0.406. The van der Waals surface area contributed by atoms with Crippen LogP contribution in [-0.2, 0) is 16.1 Å². The van der Waals surface area contributed by atoms with Crippen molar-refractivity contribution in [1.82, 2.24) is 29.6 Å². The Morgan fingerprint density at radius 2 is 2.00 bits per heavy atom. The van der Waals surface area contributed by atoms with Gasteiger partial charge in [-0.05, 0) is 37.3 Å². The average molecular weight is 464 g/mol. The minimum Gasteiger partial charge on any atom is -0.379 e. The number of rotatable bonds is 7. The fourth-order valence-corrected chi connectivity index (χ4v) is 4.45. The highest BCUT2D eigenvalue weighted by Gasteiger charge is 2.14. The summed E-state index contributed by atoms with van der Waals surface area (Å²) < 4.78 is 7.28. The van der Waals surface area contributed by atoms with E-state index in [9.17, 15) is 4.79 Å². The number of imidazole rings is 1. The van der Waals surface area contributed by atoms with Crippen LogP contribution in [0.4, 0.5) is 5.69 Å². The Bertz CT molecular complexity index is 1250. The first-order chi connectivity index (χ1) is 16.1. The summed E-state index contributed by atoms with van der Waals surface area (Å²) in [6.07, 6.45) is 1.66. The molecule has 9 nitrogen and oxygen atoms in total. The zero-order valence-electron chi connectivity index (χ0n) is 18.3. The summed E-state index contributed by atoms with van der Waals surface area (Å²) in [6.45, 7) is 6.15. The number of amides is 1. The van der Waals surface area contributed by atoms with Crippen molar-refractivity contribution in [1.29, 1.82) is 0 Å². The lowest BCUT2D eigenvalue weighted by atomic mass is 10.2. The SMILES string of the molecule is Cc1ccc(-n2cnnc2SCC(=O)Nc2ccc3nc(CN4CCOCC4)[nH]c3c2)cc1. The van der Waals surface area contributed by atoms with Crippen molar-refractivity contribution in [2.45, 2.75) is 18.6 Å². The van der Waals surface area contributed by atoms with Gasteiger partial charge in [0, 0.05) is 24.5 Å². The van der Waals surface area contributed by atoms with E-state index in [4.69, 9.17) is 4.74 Å². The highest BCUT2D eigenvalue weighted by Crippen LogP contribution is 2.22. The molecule has 33 heavy (non-hydrogen) atoms. The Balaban J connectivity index is 1.20. The number of aromatic nitrogens is 5. The van der Waals surface area contributed by atoms with Crippen molar-refractivity contribution in [3.63, 3.8) is 0 Å². The molecule has 5 rings (SSSR count). The number of hydrogen-bond acceptors (Lipinski definition) is 7. The standard InChI is InChI=1S/C23H25N7O2S/c1-16-2-5-18(6-3-16)30-15-24-28-23(30)33-14-22(31)25-17-4-7-19-20(12-17)27-21(26-19)13-29-8-10-32-11-9-29/h2-7,12,15H,8-11,13-14H2,1H3,(H,25,31)(H,26,27). The Morgan fingerprint density at radius 3 is 2.82 bits per heavy atom. The van der Waals surface area contributed by atoms with Crippen molar-refractivity contribution in [2.75, 3.05) is 37.4 Å². The Labute approximate surface area is 195 Å². The van der Waals surface area contributed by atoms with Gasteiger partial charge in [-0.15, -0.1) is 10.2 Å². The third-order valence-electron chi connectivity index (χ3n) is 5.45. The number of carbonyl (C=O) groups is 1. The van der Waals surface area contributed by atoms with Gasteiger partial charge in [-0.1, -0.05) is 29.5 Å². The van der Waals surface area contributed by atoms with E-state index in [2.05, 4.69) is 30.4 Å². The number of nitrogens with one attached hydrogen (secondary N) is 2. The number of hydrogen-bond donors (Lipinski definition) is 2. The predicted molar refractivity (Wildman–Crippen MR) is 128 cm³/mol. The van der Waals surface area contributed by atoms with Crippen LogP contribution in [0.3, 0.4) is 0 Å². The molecule has 0 spiro atoms. The van der Waals surface area contributed by atoms with Gasteiger partial charge in [0.15, 0.2) is 5.16 Å². The smallest absolute Gasteiger partial charge is 0.234 e. The molecule has 1 aliphatic heterocycles. The maximum absolute atomic E-state index is 12.6. The number of morpholine rings is 1. The molecule has 1 amide bonds. The van der Waals surface area contributed by atoms with Gasteiger partial charge in [0.1, 0.15) is 12.2 Å². The lowest BCUT2D eigenvalue weighted by molar-refractivity contribution is -0.113. The van der Waals surface area contributed by atoms with E-state index in [0.29, 0.717) is 5.16 Å². The zero-order valence-corrected chi connectivity index (χ0v) is 19.1. The first-order valence-electron chi connectivity index (χ1n) is 10.8. The second kappa shape index (κ2) is 9.74. The molecule has 4 aromatic rings. The summed E-state index contributed by atoms with van der Waals surface area (Å²) >= 11 is 1.35. The molecule has 2 aromatic heterocycles. The largest absolute Gasteiger partial charge is 0.379 e. The molecule has 0 atom stereocenters. The Kier molecular flexibility index (Phi) is 6.38. The van der Waals surface area contributed by atoms with E-state index in [1.165, 1.54) is 17.3 Å². The second-order valence-electron chi connectivity index (χ2n) is 7.96. The molecule has 0 unspecified atom stereocenters. The van der Waals surface area contributed by atoms with Gasteiger partial charge in [0.2, 0.25) is 5.91 Å². The minimum absolute atomic E-state index is 0.106. The van der Waals surface area contributed by atoms with Crippen molar-refractivity contribution >= 4 is 34.4 Å². The lowest BCUT2D eigenvalue weighted by Gasteiger charge is -2.25. The van der Waals surface area contributed by atoms with Crippen LogP contribution in [0.25, 0.3) is 16.7 Å². The summed E-state index contributed by atoms with van der Waals surface area (Å²) in [5.41, 5.74) is 4.67. The molecule has 0 aliphatic carbocycles.